The number of hydrogen-bond acceptors (Lipinski definition) is 3. The summed E-state index contributed by atoms with van der Waals surface area (Å²) in [4.78, 5) is 10.7. The van der Waals surface area contributed by atoms with E-state index in [0.717, 1.165) is 30.1 Å². The highest BCUT2D eigenvalue weighted by Crippen LogP contribution is 2.25. The number of imidazole rings is 1. The molecule has 0 unspecified atom stereocenters. The van der Waals surface area contributed by atoms with E-state index < -0.39 is 0 Å². The van der Waals surface area contributed by atoms with E-state index >= 15 is 0 Å². The Morgan fingerprint density at radius 2 is 2.17 bits per heavy atom. The zero-order chi connectivity index (χ0) is 12.7. The smallest absolute Gasteiger partial charge is 0.155 e. The van der Waals surface area contributed by atoms with Crippen molar-refractivity contribution in [1.82, 2.24) is 9.55 Å². The Labute approximate surface area is 111 Å². The van der Waals surface area contributed by atoms with E-state index in [0.29, 0.717) is 5.92 Å². The second-order valence-electron chi connectivity index (χ2n) is 4.86. The van der Waals surface area contributed by atoms with Crippen molar-refractivity contribution in [3.8, 4) is 0 Å². The number of aromatic nitrogens is 2. The van der Waals surface area contributed by atoms with E-state index in [1.165, 1.54) is 10.4 Å². The second-order valence-corrected chi connectivity index (χ2v) is 5.74. The summed E-state index contributed by atoms with van der Waals surface area (Å²) in [6.07, 6.45) is 2.11. The molecule has 2 heterocycles. The molecule has 4 heteroatoms. The summed E-state index contributed by atoms with van der Waals surface area (Å²) in [7, 11) is 0. The lowest BCUT2D eigenvalue weighted by Gasteiger charge is -2.17. The Kier molecular flexibility index (Phi) is 2.90. The topological polar surface area (TPSA) is 30.2 Å². The number of rotatable bonds is 2. The monoisotopic (exact) mass is 259 g/mol. The van der Waals surface area contributed by atoms with Crippen LogP contribution in [-0.2, 0) is 6.54 Å². The van der Waals surface area contributed by atoms with Crippen LogP contribution in [0.5, 0.6) is 0 Å². The first-order valence-electron chi connectivity index (χ1n) is 6.29. The number of aliphatic imine (C=N–C) groups is 1. The Morgan fingerprint density at radius 3 is 2.89 bits per heavy atom. The van der Waals surface area contributed by atoms with E-state index in [9.17, 15) is 0 Å². The van der Waals surface area contributed by atoms with Gasteiger partial charge in [-0.05, 0) is 30.4 Å². The number of fused-ring (bicyclic) bond motifs is 3. The summed E-state index contributed by atoms with van der Waals surface area (Å²) in [5, 5.41) is 0. The van der Waals surface area contributed by atoms with Gasteiger partial charge in [0.05, 0.1) is 23.3 Å². The van der Waals surface area contributed by atoms with Crippen LogP contribution in [0.4, 0.5) is 0 Å². The first-order chi connectivity index (χ1) is 8.70. The fraction of sp³-hybridized carbons (Fsp3) is 0.429. The zero-order valence-corrected chi connectivity index (χ0v) is 11.8. The molecular formula is C14H17N3S. The van der Waals surface area contributed by atoms with E-state index in [-0.39, 0.29) is 0 Å². The van der Waals surface area contributed by atoms with Gasteiger partial charge in [0, 0.05) is 11.4 Å². The third kappa shape index (κ3) is 1.75. The van der Waals surface area contributed by atoms with Crippen LogP contribution in [0.2, 0.25) is 0 Å². The highest BCUT2D eigenvalue weighted by molar-refractivity contribution is 7.98. The Morgan fingerprint density at radius 1 is 1.33 bits per heavy atom. The summed E-state index contributed by atoms with van der Waals surface area (Å²) >= 11 is 1.77. The minimum absolute atomic E-state index is 0.431. The number of nitrogens with zero attached hydrogens (tertiary/aromatic N) is 3. The molecule has 0 spiro atoms. The minimum Gasteiger partial charge on any atom is -0.321 e. The number of benzene rings is 1. The third-order valence-electron chi connectivity index (χ3n) is 3.34. The van der Waals surface area contributed by atoms with Gasteiger partial charge >= 0.3 is 0 Å². The van der Waals surface area contributed by atoms with E-state index in [2.05, 4.69) is 47.9 Å². The average Bonchev–Trinajstić information content (AvgIpc) is 2.75. The zero-order valence-electron chi connectivity index (χ0n) is 11.0. The van der Waals surface area contributed by atoms with Crippen molar-refractivity contribution in [2.24, 2.45) is 10.9 Å². The molecule has 1 aliphatic heterocycles. The first kappa shape index (κ1) is 11.8. The summed E-state index contributed by atoms with van der Waals surface area (Å²) < 4.78 is 2.32. The molecule has 0 aliphatic carbocycles. The van der Waals surface area contributed by atoms with Crippen LogP contribution in [0.1, 0.15) is 19.7 Å². The number of thioether (sulfide) groups is 1. The molecule has 0 saturated heterocycles. The Bertz CT molecular complexity index is 625. The van der Waals surface area contributed by atoms with E-state index in [1.54, 1.807) is 11.8 Å². The van der Waals surface area contributed by atoms with Gasteiger partial charge in [-0.15, -0.1) is 11.8 Å². The molecule has 2 aromatic rings. The average molecular weight is 259 g/mol. The summed E-state index contributed by atoms with van der Waals surface area (Å²) in [6.45, 7) is 6.18. The minimum atomic E-state index is 0.431. The quantitative estimate of drug-likeness (QED) is 0.775. The summed E-state index contributed by atoms with van der Waals surface area (Å²) in [6, 6.07) is 6.49. The molecule has 1 aromatic carbocycles. The van der Waals surface area contributed by atoms with Gasteiger partial charge in [-0.2, -0.15) is 0 Å². The molecule has 0 saturated carbocycles. The third-order valence-corrected chi connectivity index (χ3v) is 4.06. The maximum Gasteiger partial charge on any atom is 0.155 e. The van der Waals surface area contributed by atoms with Crippen molar-refractivity contribution in [2.45, 2.75) is 25.3 Å². The fourth-order valence-electron chi connectivity index (χ4n) is 2.43. The van der Waals surface area contributed by atoms with Crippen molar-refractivity contribution in [3.63, 3.8) is 0 Å². The molecule has 0 radical (unpaired) electrons. The van der Waals surface area contributed by atoms with Crippen molar-refractivity contribution < 1.29 is 0 Å². The predicted molar refractivity (Wildman–Crippen MR) is 77.8 cm³/mol. The highest BCUT2D eigenvalue weighted by Gasteiger charge is 2.21. The van der Waals surface area contributed by atoms with Gasteiger partial charge in [-0.25, -0.2) is 4.98 Å². The molecule has 18 heavy (non-hydrogen) atoms. The van der Waals surface area contributed by atoms with Crippen LogP contribution in [-0.4, -0.2) is 28.1 Å². The van der Waals surface area contributed by atoms with Gasteiger partial charge in [0.1, 0.15) is 0 Å². The van der Waals surface area contributed by atoms with Crippen LogP contribution in [0, 0.1) is 5.92 Å². The highest BCUT2D eigenvalue weighted by atomic mass is 32.2. The molecule has 0 N–H and O–H groups in total. The van der Waals surface area contributed by atoms with Gasteiger partial charge in [0.25, 0.3) is 0 Å². The molecular weight excluding hydrogens is 242 g/mol. The van der Waals surface area contributed by atoms with E-state index in [1.807, 2.05) is 0 Å². The van der Waals surface area contributed by atoms with Crippen molar-refractivity contribution in [2.75, 3.05) is 12.8 Å². The molecule has 3 rings (SSSR count). The van der Waals surface area contributed by atoms with Crippen LogP contribution in [0.25, 0.3) is 11.0 Å². The molecule has 3 nitrogen and oxygen atoms in total. The lowest BCUT2D eigenvalue weighted by atomic mass is 10.1. The molecule has 0 bridgehead atoms. The molecule has 1 aromatic heterocycles. The molecule has 94 valence electrons. The lowest BCUT2D eigenvalue weighted by molar-refractivity contribution is 0.680. The molecule has 1 aliphatic rings. The summed E-state index contributed by atoms with van der Waals surface area (Å²) in [5.74, 6) is 1.49. The standard InChI is InChI=1S/C14H17N3S/c1-9(2)13-14-16-11-5-4-10(18-3)8-12(11)17(14)7-6-15-13/h4-5,8-9H,6-7H2,1-3H3. The fourth-order valence-corrected chi connectivity index (χ4v) is 2.87. The van der Waals surface area contributed by atoms with E-state index in [4.69, 9.17) is 4.98 Å². The molecule has 0 fully saturated rings. The maximum absolute atomic E-state index is 4.75. The van der Waals surface area contributed by atoms with Gasteiger partial charge in [-0.3, -0.25) is 4.99 Å². The predicted octanol–water partition coefficient (Wildman–Crippen LogP) is 3.22. The largest absolute Gasteiger partial charge is 0.321 e. The van der Waals surface area contributed by atoms with Crippen LogP contribution >= 0.6 is 11.8 Å². The molecule has 0 atom stereocenters. The van der Waals surface area contributed by atoms with Gasteiger partial charge in [0.15, 0.2) is 5.82 Å². The van der Waals surface area contributed by atoms with Crippen molar-refractivity contribution in [1.29, 1.82) is 0 Å². The van der Waals surface area contributed by atoms with Crippen LogP contribution in [0.3, 0.4) is 0 Å². The van der Waals surface area contributed by atoms with Gasteiger partial charge in [-0.1, -0.05) is 13.8 Å². The van der Waals surface area contributed by atoms with Crippen LogP contribution in [0.15, 0.2) is 28.1 Å². The Balaban J connectivity index is 2.23. The van der Waals surface area contributed by atoms with Gasteiger partial charge < -0.3 is 4.57 Å². The summed E-state index contributed by atoms with van der Waals surface area (Å²) in [5.41, 5.74) is 3.46. The number of hydrogen-bond donors (Lipinski definition) is 0. The van der Waals surface area contributed by atoms with Crippen molar-refractivity contribution in [3.05, 3.63) is 24.0 Å². The Hall–Kier alpha value is -1.29. The van der Waals surface area contributed by atoms with Crippen molar-refractivity contribution >= 4 is 28.5 Å². The van der Waals surface area contributed by atoms with Crippen LogP contribution < -0.4 is 0 Å². The first-order valence-corrected chi connectivity index (χ1v) is 7.52. The lowest BCUT2D eigenvalue weighted by Crippen LogP contribution is -2.22. The molecule has 0 amide bonds. The maximum atomic E-state index is 4.75. The normalized spacial score (nSPS) is 15.0. The van der Waals surface area contributed by atoms with Gasteiger partial charge in [0.2, 0.25) is 0 Å². The SMILES string of the molecule is CSc1ccc2nc3n(c2c1)CCN=C3C(C)C. The second kappa shape index (κ2) is 4.43.